The van der Waals surface area contributed by atoms with Crippen molar-refractivity contribution in [2.75, 3.05) is 50.8 Å². The molecule has 3 heterocycles. The van der Waals surface area contributed by atoms with E-state index in [4.69, 9.17) is 4.74 Å². The van der Waals surface area contributed by atoms with E-state index < -0.39 is 0 Å². The number of anilines is 1. The summed E-state index contributed by atoms with van der Waals surface area (Å²) in [6, 6.07) is 6.00. The Hall–Kier alpha value is -1.92. The zero-order valence-corrected chi connectivity index (χ0v) is 14.9. The van der Waals surface area contributed by atoms with E-state index in [1.807, 2.05) is 12.1 Å². The molecular formula is C19H26N4O2. The van der Waals surface area contributed by atoms with Crippen molar-refractivity contribution in [2.24, 2.45) is 13.0 Å². The highest BCUT2D eigenvalue weighted by Crippen LogP contribution is 2.21. The highest BCUT2D eigenvalue weighted by molar-refractivity contribution is 5.81. The summed E-state index contributed by atoms with van der Waals surface area (Å²) in [7, 11) is 1.74. The maximum Gasteiger partial charge on any atom is 0.260 e. The Bertz CT molecular complexity index is 790. The third-order valence-electron chi connectivity index (χ3n) is 5.41. The lowest BCUT2D eigenvalue weighted by atomic mass is 10.0. The van der Waals surface area contributed by atoms with Crippen LogP contribution in [0, 0.1) is 5.92 Å². The van der Waals surface area contributed by atoms with Crippen LogP contribution >= 0.6 is 0 Å². The molecule has 1 aromatic heterocycles. The Morgan fingerprint density at radius 1 is 1.24 bits per heavy atom. The second-order valence-electron chi connectivity index (χ2n) is 7.23. The SMILES string of the molecule is Cn1cnc2cc(N3CCN(CC4CCCOC4)CC3)ccc2c1=O. The predicted molar refractivity (Wildman–Crippen MR) is 99.2 cm³/mol. The van der Waals surface area contributed by atoms with Gasteiger partial charge in [0.15, 0.2) is 0 Å². The average Bonchev–Trinajstić information content (AvgIpc) is 2.66. The minimum Gasteiger partial charge on any atom is -0.381 e. The van der Waals surface area contributed by atoms with E-state index in [1.54, 1.807) is 13.4 Å². The molecule has 0 N–H and O–H groups in total. The minimum atomic E-state index is 0.0103. The molecule has 0 saturated carbocycles. The van der Waals surface area contributed by atoms with Crippen LogP contribution in [0.25, 0.3) is 10.9 Å². The van der Waals surface area contributed by atoms with Crippen molar-refractivity contribution < 1.29 is 4.74 Å². The molecule has 0 radical (unpaired) electrons. The molecule has 2 aliphatic rings. The van der Waals surface area contributed by atoms with Gasteiger partial charge >= 0.3 is 0 Å². The molecule has 0 spiro atoms. The fourth-order valence-corrected chi connectivity index (χ4v) is 3.90. The van der Waals surface area contributed by atoms with Gasteiger partial charge in [0.05, 0.1) is 23.8 Å². The largest absolute Gasteiger partial charge is 0.381 e. The number of nitrogens with zero attached hydrogens (tertiary/aromatic N) is 4. The van der Waals surface area contributed by atoms with Crippen molar-refractivity contribution in [1.82, 2.24) is 14.5 Å². The van der Waals surface area contributed by atoms with Gasteiger partial charge in [0, 0.05) is 52.1 Å². The van der Waals surface area contributed by atoms with E-state index >= 15 is 0 Å². The Morgan fingerprint density at radius 2 is 2.08 bits per heavy atom. The second-order valence-corrected chi connectivity index (χ2v) is 7.23. The lowest BCUT2D eigenvalue weighted by molar-refractivity contribution is 0.0377. The number of fused-ring (bicyclic) bond motifs is 1. The van der Waals surface area contributed by atoms with E-state index in [9.17, 15) is 4.79 Å². The highest BCUT2D eigenvalue weighted by atomic mass is 16.5. The molecule has 2 aromatic rings. The molecule has 1 aromatic carbocycles. The third-order valence-corrected chi connectivity index (χ3v) is 5.41. The van der Waals surface area contributed by atoms with Crippen LogP contribution in [0.4, 0.5) is 5.69 Å². The summed E-state index contributed by atoms with van der Waals surface area (Å²) in [5.74, 6) is 0.696. The molecule has 1 atom stereocenters. The zero-order chi connectivity index (χ0) is 17.2. The molecule has 25 heavy (non-hydrogen) atoms. The maximum absolute atomic E-state index is 12.1. The maximum atomic E-state index is 12.1. The molecule has 0 amide bonds. The van der Waals surface area contributed by atoms with Crippen LogP contribution in [0.3, 0.4) is 0 Å². The van der Waals surface area contributed by atoms with Gasteiger partial charge in [-0.15, -0.1) is 0 Å². The standard InChI is InChI=1S/C19H26N4O2/c1-21-14-20-18-11-16(4-5-17(18)19(21)24)23-8-6-22(7-9-23)12-15-3-2-10-25-13-15/h4-5,11,14-15H,2-3,6-10,12-13H2,1H3. The first kappa shape index (κ1) is 16.5. The number of rotatable bonds is 3. The molecule has 4 rings (SSSR count). The number of ether oxygens (including phenoxy) is 1. The van der Waals surface area contributed by atoms with Crippen molar-refractivity contribution >= 4 is 16.6 Å². The molecule has 2 aliphatic heterocycles. The smallest absolute Gasteiger partial charge is 0.260 e. The first-order chi connectivity index (χ1) is 12.2. The number of aromatic nitrogens is 2. The molecule has 0 bridgehead atoms. The van der Waals surface area contributed by atoms with Crippen LogP contribution in [0.1, 0.15) is 12.8 Å². The van der Waals surface area contributed by atoms with Crippen molar-refractivity contribution in [3.8, 4) is 0 Å². The zero-order valence-electron chi connectivity index (χ0n) is 14.9. The van der Waals surface area contributed by atoms with E-state index in [1.165, 1.54) is 17.4 Å². The fraction of sp³-hybridized carbons (Fsp3) is 0.579. The number of hydrogen-bond donors (Lipinski definition) is 0. The van der Waals surface area contributed by atoms with Crippen LogP contribution < -0.4 is 10.5 Å². The van der Waals surface area contributed by atoms with E-state index in [0.717, 1.165) is 57.1 Å². The monoisotopic (exact) mass is 342 g/mol. The summed E-state index contributed by atoms with van der Waals surface area (Å²) in [5.41, 5.74) is 1.95. The Morgan fingerprint density at radius 3 is 2.84 bits per heavy atom. The van der Waals surface area contributed by atoms with Gasteiger partial charge in [-0.05, 0) is 37.0 Å². The first-order valence-corrected chi connectivity index (χ1v) is 9.21. The Balaban J connectivity index is 1.41. The summed E-state index contributed by atoms with van der Waals surface area (Å²) in [6.07, 6.45) is 4.10. The van der Waals surface area contributed by atoms with E-state index in [2.05, 4.69) is 20.9 Å². The molecule has 6 heteroatoms. The van der Waals surface area contributed by atoms with Crippen LogP contribution in [0.15, 0.2) is 29.3 Å². The van der Waals surface area contributed by atoms with E-state index in [0.29, 0.717) is 11.3 Å². The van der Waals surface area contributed by atoms with Crippen LogP contribution in [-0.2, 0) is 11.8 Å². The lowest BCUT2D eigenvalue weighted by Crippen LogP contribution is -2.48. The summed E-state index contributed by atoms with van der Waals surface area (Å²) in [5, 5.41) is 0.685. The normalized spacial score (nSPS) is 22.4. The van der Waals surface area contributed by atoms with Gasteiger partial charge in [-0.1, -0.05) is 0 Å². The Kier molecular flexibility index (Phi) is 4.72. The molecule has 2 saturated heterocycles. The van der Waals surface area contributed by atoms with Gasteiger partial charge in [-0.2, -0.15) is 0 Å². The van der Waals surface area contributed by atoms with Gasteiger partial charge in [0.25, 0.3) is 5.56 Å². The van der Waals surface area contributed by atoms with Gasteiger partial charge in [0.1, 0.15) is 0 Å². The lowest BCUT2D eigenvalue weighted by Gasteiger charge is -2.38. The molecule has 2 fully saturated rings. The summed E-state index contributed by atoms with van der Waals surface area (Å²) in [4.78, 5) is 21.5. The van der Waals surface area contributed by atoms with Crippen molar-refractivity contribution in [2.45, 2.75) is 12.8 Å². The van der Waals surface area contributed by atoms with Crippen LogP contribution in [0.2, 0.25) is 0 Å². The summed E-state index contributed by atoms with van der Waals surface area (Å²) < 4.78 is 7.13. The number of aryl methyl sites for hydroxylation is 1. The predicted octanol–water partition coefficient (Wildman–Crippen LogP) is 1.48. The second kappa shape index (κ2) is 7.14. The number of benzene rings is 1. The van der Waals surface area contributed by atoms with E-state index in [-0.39, 0.29) is 5.56 Å². The van der Waals surface area contributed by atoms with Crippen LogP contribution in [-0.4, -0.2) is 60.4 Å². The number of hydrogen-bond acceptors (Lipinski definition) is 5. The van der Waals surface area contributed by atoms with Gasteiger partial charge in [-0.3, -0.25) is 9.69 Å². The van der Waals surface area contributed by atoms with Crippen LogP contribution in [0.5, 0.6) is 0 Å². The topological polar surface area (TPSA) is 50.6 Å². The molecular weight excluding hydrogens is 316 g/mol. The fourth-order valence-electron chi connectivity index (χ4n) is 3.90. The van der Waals surface area contributed by atoms with Crippen molar-refractivity contribution in [1.29, 1.82) is 0 Å². The highest BCUT2D eigenvalue weighted by Gasteiger charge is 2.22. The van der Waals surface area contributed by atoms with Gasteiger partial charge in [-0.25, -0.2) is 4.98 Å². The molecule has 134 valence electrons. The summed E-state index contributed by atoms with van der Waals surface area (Å²) >= 11 is 0. The van der Waals surface area contributed by atoms with Crippen molar-refractivity contribution in [3.63, 3.8) is 0 Å². The average molecular weight is 342 g/mol. The minimum absolute atomic E-state index is 0.0103. The molecule has 6 nitrogen and oxygen atoms in total. The third kappa shape index (κ3) is 3.55. The first-order valence-electron chi connectivity index (χ1n) is 9.21. The van der Waals surface area contributed by atoms with Gasteiger partial charge < -0.3 is 14.2 Å². The molecule has 0 aliphatic carbocycles. The quantitative estimate of drug-likeness (QED) is 0.846. The van der Waals surface area contributed by atoms with Gasteiger partial charge in [0.2, 0.25) is 0 Å². The Labute approximate surface area is 148 Å². The van der Waals surface area contributed by atoms with Crippen molar-refractivity contribution in [3.05, 3.63) is 34.9 Å². The molecule has 1 unspecified atom stereocenters. The number of piperazine rings is 1. The summed E-state index contributed by atoms with van der Waals surface area (Å²) in [6.45, 7) is 7.21.